The maximum absolute atomic E-state index is 13.0. The van der Waals surface area contributed by atoms with Gasteiger partial charge >= 0.3 is 6.03 Å². The molecule has 0 saturated heterocycles. The van der Waals surface area contributed by atoms with E-state index in [0.29, 0.717) is 24.4 Å². The van der Waals surface area contributed by atoms with E-state index in [1.165, 1.54) is 17.0 Å². The van der Waals surface area contributed by atoms with Crippen LogP contribution in [0.3, 0.4) is 0 Å². The number of nitrogens with one attached hydrogen (secondary N) is 1. The van der Waals surface area contributed by atoms with Crippen LogP contribution in [0.1, 0.15) is 12.0 Å². The van der Waals surface area contributed by atoms with E-state index in [9.17, 15) is 9.18 Å². The molecule has 1 heterocycles. The fourth-order valence-electron chi connectivity index (χ4n) is 2.69. The molecular weight excluding hydrogens is 337 g/mol. The second-order valence-corrected chi connectivity index (χ2v) is 5.99. The van der Waals surface area contributed by atoms with Gasteiger partial charge in [0.2, 0.25) is 0 Å². The number of hydrogen-bond donors (Lipinski definition) is 1. The maximum Gasteiger partial charge on any atom is 0.321 e. The zero-order valence-electron chi connectivity index (χ0n) is 14.6. The fraction of sp³-hybridized carbons (Fsp3) is 0.263. The predicted octanol–water partition coefficient (Wildman–Crippen LogP) is 3.49. The van der Waals surface area contributed by atoms with Crippen molar-refractivity contribution in [1.29, 1.82) is 0 Å². The van der Waals surface area contributed by atoms with E-state index in [1.54, 1.807) is 38.4 Å². The number of hydrogen-bond acceptors (Lipinski definition) is 4. The topological polar surface area (TPSA) is 63.2 Å². The Morgan fingerprint density at radius 3 is 2.77 bits per heavy atom. The molecule has 6 nitrogen and oxygen atoms in total. The zero-order chi connectivity index (χ0) is 18.5. The van der Waals surface area contributed by atoms with Gasteiger partial charge < -0.3 is 19.8 Å². The van der Waals surface area contributed by atoms with E-state index in [-0.39, 0.29) is 18.0 Å². The summed E-state index contributed by atoms with van der Waals surface area (Å²) in [4.78, 5) is 19.3. The average molecular weight is 357 g/mol. The smallest absolute Gasteiger partial charge is 0.321 e. The molecule has 26 heavy (non-hydrogen) atoms. The number of amides is 2. The minimum absolute atomic E-state index is 0.247. The molecule has 2 amide bonds. The van der Waals surface area contributed by atoms with Gasteiger partial charge in [0.15, 0.2) is 6.10 Å². The van der Waals surface area contributed by atoms with E-state index in [1.807, 2.05) is 12.1 Å². The lowest BCUT2D eigenvalue weighted by atomic mass is 10.0. The van der Waals surface area contributed by atoms with Gasteiger partial charge in [0.1, 0.15) is 11.6 Å². The number of carbonyl (C=O) groups is 1. The molecule has 7 heteroatoms. The van der Waals surface area contributed by atoms with Gasteiger partial charge in [-0.15, -0.1) is 0 Å². The largest absolute Gasteiger partial charge is 0.495 e. The van der Waals surface area contributed by atoms with Crippen LogP contribution in [-0.2, 0) is 4.84 Å². The third-order valence-electron chi connectivity index (χ3n) is 4.08. The van der Waals surface area contributed by atoms with Crippen LogP contribution in [0, 0.1) is 5.82 Å². The van der Waals surface area contributed by atoms with Crippen LogP contribution >= 0.6 is 0 Å². The molecule has 1 atom stereocenters. The van der Waals surface area contributed by atoms with Crippen molar-refractivity contribution in [2.75, 3.05) is 26.0 Å². The first-order valence-electron chi connectivity index (χ1n) is 8.20. The Morgan fingerprint density at radius 1 is 1.31 bits per heavy atom. The van der Waals surface area contributed by atoms with Crippen LogP contribution in [0.2, 0.25) is 0 Å². The van der Waals surface area contributed by atoms with Crippen LogP contribution in [0.4, 0.5) is 14.9 Å². The number of nitrogens with zero attached hydrogens (tertiary/aromatic N) is 2. The number of rotatable bonds is 5. The first-order chi connectivity index (χ1) is 12.6. The summed E-state index contributed by atoms with van der Waals surface area (Å²) in [6.45, 7) is 0.370. The normalized spacial score (nSPS) is 15.8. The Morgan fingerprint density at radius 2 is 2.04 bits per heavy atom. The van der Waals surface area contributed by atoms with Crippen molar-refractivity contribution in [1.82, 2.24) is 4.90 Å². The van der Waals surface area contributed by atoms with Gasteiger partial charge in [0.05, 0.1) is 25.1 Å². The van der Waals surface area contributed by atoms with E-state index in [4.69, 9.17) is 9.57 Å². The van der Waals surface area contributed by atoms with Crippen molar-refractivity contribution in [3.8, 4) is 5.75 Å². The number of ether oxygens (including phenoxy) is 1. The SMILES string of the molecule is COc1ccccc1NC(=O)N(C)C[C@@H]1CC(c2ccc(F)cc2)=NO1. The molecule has 0 saturated carbocycles. The minimum Gasteiger partial charge on any atom is -0.495 e. The quantitative estimate of drug-likeness (QED) is 0.891. The van der Waals surface area contributed by atoms with Crippen LogP contribution in [0.25, 0.3) is 0 Å². The summed E-state index contributed by atoms with van der Waals surface area (Å²) in [7, 11) is 3.24. The lowest BCUT2D eigenvalue weighted by molar-refractivity contribution is 0.0672. The molecule has 2 aromatic carbocycles. The standard InChI is InChI=1S/C19H20FN3O3/c1-23(19(24)21-16-5-3-4-6-18(16)25-2)12-15-11-17(22-26-15)13-7-9-14(20)10-8-13/h3-10,15H,11-12H2,1-2H3,(H,21,24)/t15-/m0/s1. The van der Waals surface area contributed by atoms with Crippen LogP contribution < -0.4 is 10.1 Å². The molecule has 1 N–H and O–H groups in total. The number of likely N-dealkylation sites (N-methyl/N-ethyl adjacent to an activating group) is 1. The molecule has 0 spiro atoms. The Bertz CT molecular complexity index is 808. The van der Waals surface area contributed by atoms with E-state index < -0.39 is 0 Å². The Hall–Kier alpha value is -3.09. The first-order valence-corrected chi connectivity index (χ1v) is 8.20. The summed E-state index contributed by atoms with van der Waals surface area (Å²) >= 11 is 0. The van der Waals surface area contributed by atoms with Crippen molar-refractivity contribution >= 4 is 17.4 Å². The highest BCUT2D eigenvalue weighted by atomic mass is 19.1. The molecule has 1 aliphatic rings. The third-order valence-corrected chi connectivity index (χ3v) is 4.08. The van der Waals surface area contributed by atoms with Crippen LogP contribution in [0.15, 0.2) is 53.7 Å². The van der Waals surface area contributed by atoms with Gasteiger partial charge in [-0.3, -0.25) is 0 Å². The highest BCUT2D eigenvalue weighted by Crippen LogP contribution is 2.23. The number of carbonyl (C=O) groups excluding carboxylic acids is 1. The molecule has 1 aliphatic heterocycles. The van der Waals surface area contributed by atoms with Crippen molar-refractivity contribution in [2.24, 2.45) is 5.16 Å². The minimum atomic E-state index is -0.294. The van der Waals surface area contributed by atoms with E-state index >= 15 is 0 Å². The summed E-state index contributed by atoms with van der Waals surface area (Å²) in [6.07, 6.45) is 0.307. The lowest BCUT2D eigenvalue weighted by Crippen LogP contribution is -2.37. The predicted molar refractivity (Wildman–Crippen MR) is 97.1 cm³/mol. The molecule has 3 rings (SSSR count). The highest BCUT2D eigenvalue weighted by molar-refractivity contribution is 6.01. The lowest BCUT2D eigenvalue weighted by Gasteiger charge is -2.21. The molecule has 0 radical (unpaired) electrons. The third kappa shape index (κ3) is 4.11. The summed E-state index contributed by atoms with van der Waals surface area (Å²) in [5, 5.41) is 6.87. The number of methoxy groups -OCH3 is 1. The van der Waals surface area contributed by atoms with Crippen molar-refractivity contribution in [2.45, 2.75) is 12.5 Å². The summed E-state index contributed by atoms with van der Waals surface area (Å²) < 4.78 is 18.2. The number of anilines is 1. The van der Waals surface area contributed by atoms with Crippen molar-refractivity contribution in [3.05, 3.63) is 59.9 Å². The Kier molecular flexibility index (Phi) is 5.36. The Balaban J connectivity index is 1.54. The molecule has 2 aromatic rings. The van der Waals surface area contributed by atoms with Crippen molar-refractivity contribution < 1.29 is 18.8 Å². The Labute approximate surface area is 151 Å². The van der Waals surface area contributed by atoms with Crippen LogP contribution in [-0.4, -0.2) is 43.4 Å². The zero-order valence-corrected chi connectivity index (χ0v) is 14.6. The second-order valence-electron chi connectivity index (χ2n) is 5.99. The molecular formula is C19H20FN3O3. The summed E-state index contributed by atoms with van der Waals surface area (Å²) in [5.41, 5.74) is 2.16. The van der Waals surface area contributed by atoms with E-state index in [0.717, 1.165) is 11.3 Å². The molecule has 136 valence electrons. The van der Waals surface area contributed by atoms with Gasteiger partial charge in [-0.1, -0.05) is 29.4 Å². The second kappa shape index (κ2) is 7.86. The molecule has 0 fully saturated rings. The number of urea groups is 1. The van der Waals surface area contributed by atoms with Gasteiger partial charge in [-0.05, 0) is 29.8 Å². The van der Waals surface area contributed by atoms with Crippen LogP contribution in [0.5, 0.6) is 5.75 Å². The van der Waals surface area contributed by atoms with Gasteiger partial charge in [-0.2, -0.15) is 0 Å². The first kappa shape index (κ1) is 17.7. The molecule has 0 bridgehead atoms. The number of benzene rings is 2. The van der Waals surface area contributed by atoms with Crippen molar-refractivity contribution in [3.63, 3.8) is 0 Å². The van der Waals surface area contributed by atoms with Gasteiger partial charge in [0, 0.05) is 13.5 Å². The maximum atomic E-state index is 13.0. The molecule has 0 aromatic heterocycles. The number of halogens is 1. The summed E-state index contributed by atoms with van der Waals surface area (Å²) in [5.74, 6) is 0.297. The molecule has 0 unspecified atom stereocenters. The van der Waals surface area contributed by atoms with Gasteiger partial charge in [-0.25, -0.2) is 9.18 Å². The fourth-order valence-corrected chi connectivity index (χ4v) is 2.69. The summed E-state index contributed by atoms with van der Waals surface area (Å²) in [6, 6.07) is 13.0. The van der Waals surface area contributed by atoms with E-state index in [2.05, 4.69) is 10.5 Å². The monoisotopic (exact) mass is 357 g/mol. The number of para-hydroxylation sites is 2. The molecule has 0 aliphatic carbocycles. The average Bonchev–Trinajstić information content (AvgIpc) is 3.11. The highest BCUT2D eigenvalue weighted by Gasteiger charge is 2.25. The van der Waals surface area contributed by atoms with Gasteiger partial charge in [0.25, 0.3) is 0 Å². The number of oxime groups is 1.